The fourth-order valence-corrected chi connectivity index (χ4v) is 3.76. The van der Waals surface area contributed by atoms with Gasteiger partial charge >= 0.3 is 0 Å². The van der Waals surface area contributed by atoms with Crippen molar-refractivity contribution >= 4 is 10.9 Å². The second kappa shape index (κ2) is 7.46. The van der Waals surface area contributed by atoms with E-state index in [0.29, 0.717) is 6.42 Å². The van der Waals surface area contributed by atoms with E-state index in [0.717, 1.165) is 32.4 Å². The number of nitrogens with one attached hydrogen (secondary N) is 2. The number of benzene rings is 2. The predicted molar refractivity (Wildman–Crippen MR) is 98.8 cm³/mol. The van der Waals surface area contributed by atoms with Crippen LogP contribution in [0.15, 0.2) is 36.4 Å². The monoisotopic (exact) mass is 356 g/mol. The molecule has 0 saturated carbocycles. The molecule has 0 bridgehead atoms. The summed E-state index contributed by atoms with van der Waals surface area (Å²) in [6.45, 7) is 2.27. The van der Waals surface area contributed by atoms with Crippen LogP contribution in [-0.4, -0.2) is 24.7 Å². The van der Waals surface area contributed by atoms with Crippen molar-refractivity contribution in [3.63, 3.8) is 0 Å². The van der Waals surface area contributed by atoms with Crippen LogP contribution in [0.1, 0.15) is 23.2 Å². The fraction of sp³-hybridized carbons (Fsp3) is 0.333. The SMILES string of the molecule is Fc1cccc(F)c1OCCCc1cccc2[nH]c3c(c12)CCNCC3. The van der Waals surface area contributed by atoms with Gasteiger partial charge in [-0.3, -0.25) is 0 Å². The zero-order chi connectivity index (χ0) is 17.9. The Bertz CT molecular complexity index is 900. The zero-order valence-corrected chi connectivity index (χ0v) is 14.6. The Labute approximate surface area is 151 Å². The van der Waals surface area contributed by atoms with Gasteiger partial charge in [0.2, 0.25) is 0 Å². The second-order valence-corrected chi connectivity index (χ2v) is 6.67. The summed E-state index contributed by atoms with van der Waals surface area (Å²) < 4.78 is 32.6. The number of ether oxygens (including phenoxy) is 1. The molecule has 5 heteroatoms. The summed E-state index contributed by atoms with van der Waals surface area (Å²) in [5.74, 6) is -1.60. The van der Waals surface area contributed by atoms with E-state index in [1.165, 1.54) is 45.9 Å². The lowest BCUT2D eigenvalue weighted by Gasteiger charge is -2.09. The fourth-order valence-electron chi connectivity index (χ4n) is 3.76. The lowest BCUT2D eigenvalue weighted by Crippen LogP contribution is -2.16. The van der Waals surface area contributed by atoms with Gasteiger partial charge in [0.1, 0.15) is 0 Å². The average Bonchev–Trinajstić information content (AvgIpc) is 2.83. The van der Waals surface area contributed by atoms with Crippen molar-refractivity contribution in [3.05, 3.63) is 64.9 Å². The zero-order valence-electron chi connectivity index (χ0n) is 14.6. The molecule has 1 aliphatic heterocycles. The summed E-state index contributed by atoms with van der Waals surface area (Å²) in [6, 6.07) is 10.1. The van der Waals surface area contributed by atoms with Crippen LogP contribution in [0, 0.1) is 11.6 Å². The number of hydrogen-bond acceptors (Lipinski definition) is 2. The normalized spacial score (nSPS) is 14.2. The van der Waals surface area contributed by atoms with E-state index < -0.39 is 11.6 Å². The van der Waals surface area contributed by atoms with Crippen LogP contribution < -0.4 is 10.1 Å². The number of aryl methyl sites for hydroxylation is 1. The van der Waals surface area contributed by atoms with Gasteiger partial charge in [0.15, 0.2) is 17.4 Å². The Morgan fingerprint density at radius 2 is 1.73 bits per heavy atom. The van der Waals surface area contributed by atoms with Gasteiger partial charge in [-0.25, -0.2) is 8.78 Å². The van der Waals surface area contributed by atoms with Crippen molar-refractivity contribution in [2.24, 2.45) is 0 Å². The van der Waals surface area contributed by atoms with Crippen molar-refractivity contribution < 1.29 is 13.5 Å². The molecule has 3 aromatic rings. The first-order valence-corrected chi connectivity index (χ1v) is 9.13. The van der Waals surface area contributed by atoms with Crippen molar-refractivity contribution in [2.45, 2.75) is 25.7 Å². The molecule has 1 aromatic heterocycles. The van der Waals surface area contributed by atoms with Crippen LogP contribution in [0.25, 0.3) is 10.9 Å². The number of H-pyrrole nitrogens is 1. The third-order valence-electron chi connectivity index (χ3n) is 4.96. The van der Waals surface area contributed by atoms with Gasteiger partial charge in [-0.2, -0.15) is 0 Å². The van der Waals surface area contributed by atoms with E-state index in [1.54, 1.807) is 0 Å². The molecule has 2 heterocycles. The summed E-state index contributed by atoms with van der Waals surface area (Å²) in [7, 11) is 0. The Balaban J connectivity index is 1.48. The molecule has 0 atom stereocenters. The highest BCUT2D eigenvalue weighted by molar-refractivity contribution is 5.88. The van der Waals surface area contributed by atoms with Crippen LogP contribution in [-0.2, 0) is 19.3 Å². The standard InChI is InChI=1S/C21H22F2N2O/c22-16-6-2-7-17(23)21(16)26-13-3-5-14-4-1-8-19-20(14)15-9-11-24-12-10-18(15)25-19/h1-2,4,6-8,24-25H,3,5,9-13H2. The van der Waals surface area contributed by atoms with Gasteiger partial charge in [-0.15, -0.1) is 0 Å². The summed E-state index contributed by atoms with van der Waals surface area (Å²) in [5, 5.41) is 4.74. The Kier molecular flexibility index (Phi) is 4.89. The van der Waals surface area contributed by atoms with Gasteiger partial charge in [-0.05, 0) is 55.1 Å². The van der Waals surface area contributed by atoms with Crippen molar-refractivity contribution in [1.82, 2.24) is 10.3 Å². The maximum absolute atomic E-state index is 13.6. The van der Waals surface area contributed by atoms with Crippen LogP contribution in [0.5, 0.6) is 5.75 Å². The molecule has 2 N–H and O–H groups in total. The Morgan fingerprint density at radius 3 is 2.58 bits per heavy atom. The maximum atomic E-state index is 13.6. The molecule has 0 saturated heterocycles. The Hall–Kier alpha value is -2.40. The molecule has 0 fully saturated rings. The third-order valence-corrected chi connectivity index (χ3v) is 4.96. The van der Waals surface area contributed by atoms with E-state index in [1.807, 2.05) is 0 Å². The molecule has 3 nitrogen and oxygen atoms in total. The van der Waals surface area contributed by atoms with Crippen molar-refractivity contribution in [3.8, 4) is 5.75 Å². The van der Waals surface area contributed by atoms with E-state index in [2.05, 4.69) is 28.5 Å². The minimum atomic E-state index is -0.657. The molecule has 0 unspecified atom stereocenters. The molecular formula is C21H22F2N2O. The molecule has 1 aliphatic rings. The molecule has 2 aromatic carbocycles. The number of hydrogen-bond donors (Lipinski definition) is 2. The minimum absolute atomic E-state index is 0.280. The number of rotatable bonds is 5. The van der Waals surface area contributed by atoms with Crippen LogP contribution >= 0.6 is 0 Å². The highest BCUT2D eigenvalue weighted by atomic mass is 19.1. The van der Waals surface area contributed by atoms with E-state index in [9.17, 15) is 8.78 Å². The van der Waals surface area contributed by atoms with E-state index in [-0.39, 0.29) is 12.4 Å². The number of fused-ring (bicyclic) bond motifs is 3. The quantitative estimate of drug-likeness (QED) is 0.674. The predicted octanol–water partition coefficient (Wildman–Crippen LogP) is 4.15. The summed E-state index contributed by atoms with van der Waals surface area (Å²) in [4.78, 5) is 3.56. The highest BCUT2D eigenvalue weighted by Crippen LogP contribution is 2.29. The van der Waals surface area contributed by atoms with E-state index in [4.69, 9.17) is 4.74 Å². The molecule has 136 valence electrons. The number of halogens is 2. The summed E-state index contributed by atoms with van der Waals surface area (Å²) in [6.07, 6.45) is 3.54. The first-order chi connectivity index (χ1) is 12.7. The highest BCUT2D eigenvalue weighted by Gasteiger charge is 2.16. The van der Waals surface area contributed by atoms with Crippen molar-refractivity contribution in [2.75, 3.05) is 19.7 Å². The second-order valence-electron chi connectivity index (χ2n) is 6.67. The molecule has 0 amide bonds. The van der Waals surface area contributed by atoms with Crippen molar-refractivity contribution in [1.29, 1.82) is 0 Å². The topological polar surface area (TPSA) is 37.0 Å². The molecule has 4 rings (SSSR count). The lowest BCUT2D eigenvalue weighted by atomic mass is 9.99. The van der Waals surface area contributed by atoms with Crippen LogP contribution in [0.2, 0.25) is 0 Å². The number of para-hydroxylation sites is 1. The smallest absolute Gasteiger partial charge is 0.190 e. The largest absolute Gasteiger partial charge is 0.488 e. The molecule has 0 spiro atoms. The third kappa shape index (κ3) is 3.31. The van der Waals surface area contributed by atoms with Gasteiger partial charge in [0.25, 0.3) is 0 Å². The van der Waals surface area contributed by atoms with Crippen LogP contribution in [0.3, 0.4) is 0 Å². The van der Waals surface area contributed by atoms with Gasteiger partial charge in [0, 0.05) is 29.6 Å². The molecular weight excluding hydrogens is 334 g/mol. The number of aromatic nitrogens is 1. The number of aromatic amines is 1. The minimum Gasteiger partial charge on any atom is -0.488 e. The average molecular weight is 356 g/mol. The van der Waals surface area contributed by atoms with Gasteiger partial charge in [0.05, 0.1) is 6.61 Å². The van der Waals surface area contributed by atoms with E-state index >= 15 is 0 Å². The summed E-state index contributed by atoms with van der Waals surface area (Å²) in [5.41, 5.74) is 5.17. The molecule has 26 heavy (non-hydrogen) atoms. The first kappa shape index (κ1) is 17.0. The lowest BCUT2D eigenvalue weighted by molar-refractivity contribution is 0.280. The van der Waals surface area contributed by atoms with Gasteiger partial charge in [-0.1, -0.05) is 18.2 Å². The van der Waals surface area contributed by atoms with Crippen LogP contribution in [0.4, 0.5) is 8.78 Å². The maximum Gasteiger partial charge on any atom is 0.190 e. The first-order valence-electron chi connectivity index (χ1n) is 9.13. The molecule has 0 radical (unpaired) electrons. The Morgan fingerprint density at radius 1 is 0.962 bits per heavy atom. The molecule has 0 aliphatic carbocycles. The van der Waals surface area contributed by atoms with Gasteiger partial charge < -0.3 is 15.0 Å². The summed E-state index contributed by atoms with van der Waals surface area (Å²) >= 11 is 0.